The van der Waals surface area contributed by atoms with Crippen LogP contribution >= 0.6 is 23.2 Å². The second kappa shape index (κ2) is 8.15. The van der Waals surface area contributed by atoms with Gasteiger partial charge in [0.05, 0.1) is 16.6 Å². The lowest BCUT2D eigenvalue weighted by Crippen LogP contribution is -2.23. The van der Waals surface area contributed by atoms with Crippen LogP contribution in [0.15, 0.2) is 65.1 Å². The summed E-state index contributed by atoms with van der Waals surface area (Å²) in [5, 5.41) is 0.849. The highest BCUT2D eigenvalue weighted by molar-refractivity contribution is 6.43. The zero-order chi connectivity index (χ0) is 20.4. The van der Waals surface area contributed by atoms with Gasteiger partial charge in [-0.1, -0.05) is 41.4 Å². The molecule has 1 saturated heterocycles. The molecule has 0 bridgehead atoms. The van der Waals surface area contributed by atoms with Crippen molar-refractivity contribution >= 4 is 46.8 Å². The fraction of sp³-hybridized carbons (Fsp3) is 0.0909. The number of benzene rings is 2. The molecule has 1 amide bonds. The highest BCUT2D eigenvalue weighted by Gasteiger charge is 2.23. The van der Waals surface area contributed by atoms with Crippen LogP contribution in [0.4, 0.5) is 10.5 Å². The van der Waals surface area contributed by atoms with Crippen molar-refractivity contribution in [1.82, 2.24) is 0 Å². The number of hydrogen-bond acceptors (Lipinski definition) is 4. The quantitative estimate of drug-likeness (QED) is 0.364. The topological polar surface area (TPSA) is 59.8 Å². The molecule has 4 rings (SSSR count). The normalized spacial score (nSPS) is 13.9. The largest absolute Gasteiger partial charge is 0.457 e. The first-order chi connectivity index (χ1) is 14.0. The molecule has 2 heterocycles. The average Bonchev–Trinajstić information content (AvgIpc) is 3.37. The van der Waals surface area contributed by atoms with Crippen molar-refractivity contribution < 1.29 is 18.7 Å². The van der Waals surface area contributed by atoms with Crippen molar-refractivity contribution in [2.24, 2.45) is 0 Å². The van der Waals surface area contributed by atoms with Gasteiger partial charge in [-0.25, -0.2) is 4.79 Å². The number of halogens is 2. The van der Waals surface area contributed by atoms with Gasteiger partial charge in [-0.2, -0.15) is 0 Å². The molecular formula is C22H15Cl2NO4. The molecule has 1 aliphatic rings. The van der Waals surface area contributed by atoms with Crippen molar-refractivity contribution in [2.75, 3.05) is 18.1 Å². The third-order valence-electron chi connectivity index (χ3n) is 4.45. The van der Waals surface area contributed by atoms with Gasteiger partial charge < -0.3 is 9.15 Å². The summed E-state index contributed by atoms with van der Waals surface area (Å²) in [5.74, 6) is 0.848. The number of carbonyl (C=O) groups excluding carboxylic acids is 2. The molecule has 0 radical (unpaired) electrons. The number of carbonyl (C=O) groups is 2. The first-order valence-corrected chi connectivity index (χ1v) is 9.59. The Balaban J connectivity index is 1.51. The minimum Gasteiger partial charge on any atom is -0.457 e. The molecule has 0 N–H and O–H groups in total. The van der Waals surface area contributed by atoms with Gasteiger partial charge in [-0.05, 0) is 48.6 Å². The van der Waals surface area contributed by atoms with Crippen LogP contribution in [0.3, 0.4) is 0 Å². The van der Waals surface area contributed by atoms with Gasteiger partial charge in [-0.3, -0.25) is 9.69 Å². The van der Waals surface area contributed by atoms with E-state index in [9.17, 15) is 9.59 Å². The summed E-state index contributed by atoms with van der Waals surface area (Å²) >= 11 is 12.3. The van der Waals surface area contributed by atoms with E-state index in [1.54, 1.807) is 60.7 Å². The van der Waals surface area contributed by atoms with Crippen molar-refractivity contribution in [3.05, 3.63) is 82.0 Å². The Hall–Kier alpha value is -3.02. The lowest BCUT2D eigenvalue weighted by atomic mass is 10.1. The molecule has 29 heavy (non-hydrogen) atoms. The van der Waals surface area contributed by atoms with Crippen molar-refractivity contribution in [3.63, 3.8) is 0 Å². The molecule has 5 nitrogen and oxygen atoms in total. The molecule has 146 valence electrons. The van der Waals surface area contributed by atoms with Gasteiger partial charge in [0.2, 0.25) is 0 Å². The smallest absolute Gasteiger partial charge is 0.414 e. The third kappa shape index (κ3) is 4.06. The summed E-state index contributed by atoms with van der Waals surface area (Å²) in [7, 11) is 0. The van der Waals surface area contributed by atoms with Crippen LogP contribution in [0.1, 0.15) is 16.1 Å². The van der Waals surface area contributed by atoms with Gasteiger partial charge in [-0.15, -0.1) is 0 Å². The molecule has 3 aromatic rings. The number of rotatable bonds is 5. The predicted octanol–water partition coefficient (Wildman–Crippen LogP) is 6.11. The maximum absolute atomic E-state index is 12.5. The van der Waals surface area contributed by atoms with E-state index >= 15 is 0 Å². The Morgan fingerprint density at radius 2 is 1.90 bits per heavy atom. The average molecular weight is 428 g/mol. The van der Waals surface area contributed by atoms with E-state index in [0.29, 0.717) is 51.5 Å². The van der Waals surface area contributed by atoms with Gasteiger partial charge in [0, 0.05) is 16.8 Å². The second-order valence-electron chi connectivity index (χ2n) is 6.32. The third-order valence-corrected chi connectivity index (χ3v) is 5.26. The molecule has 7 heteroatoms. The molecule has 0 saturated carbocycles. The number of furan rings is 1. The zero-order valence-electron chi connectivity index (χ0n) is 15.1. The summed E-state index contributed by atoms with van der Waals surface area (Å²) in [6.45, 7) is 0.807. The number of ketones is 1. The summed E-state index contributed by atoms with van der Waals surface area (Å²) in [6.07, 6.45) is 2.60. The van der Waals surface area contributed by atoms with Gasteiger partial charge >= 0.3 is 6.09 Å². The summed E-state index contributed by atoms with van der Waals surface area (Å²) in [6, 6.07) is 15.7. The van der Waals surface area contributed by atoms with Crippen LogP contribution in [0.25, 0.3) is 17.4 Å². The lowest BCUT2D eigenvalue weighted by molar-refractivity contribution is 0.104. The SMILES string of the molecule is O=C(/C=C/c1ccc(-c2cccc(Cl)c2Cl)o1)c1cccc(N2CCOC2=O)c1. The Bertz CT molecular complexity index is 1120. The molecule has 0 atom stereocenters. The van der Waals surface area contributed by atoms with Gasteiger partial charge in [0.15, 0.2) is 5.78 Å². The first-order valence-electron chi connectivity index (χ1n) is 8.84. The summed E-state index contributed by atoms with van der Waals surface area (Å²) in [4.78, 5) is 25.7. The minimum absolute atomic E-state index is 0.210. The summed E-state index contributed by atoms with van der Waals surface area (Å²) < 4.78 is 10.7. The van der Waals surface area contributed by atoms with E-state index in [0.717, 1.165) is 0 Å². The van der Waals surface area contributed by atoms with Crippen LogP contribution in [-0.2, 0) is 4.74 Å². The van der Waals surface area contributed by atoms with Crippen LogP contribution in [0, 0.1) is 0 Å². The number of allylic oxidation sites excluding steroid dienone is 1. The van der Waals surface area contributed by atoms with E-state index in [2.05, 4.69) is 0 Å². The lowest BCUT2D eigenvalue weighted by Gasteiger charge is -2.13. The first kappa shape index (κ1) is 19.3. The maximum atomic E-state index is 12.5. The Morgan fingerprint density at radius 1 is 1.07 bits per heavy atom. The van der Waals surface area contributed by atoms with E-state index < -0.39 is 6.09 Å². The van der Waals surface area contributed by atoms with Crippen LogP contribution in [0.5, 0.6) is 0 Å². The number of hydrogen-bond donors (Lipinski definition) is 0. The zero-order valence-corrected chi connectivity index (χ0v) is 16.6. The highest BCUT2D eigenvalue weighted by atomic mass is 35.5. The fourth-order valence-electron chi connectivity index (χ4n) is 2.99. The molecule has 1 aromatic heterocycles. The number of cyclic esters (lactones) is 1. The van der Waals surface area contributed by atoms with Crippen LogP contribution < -0.4 is 4.90 Å². The molecule has 1 fully saturated rings. The van der Waals surface area contributed by atoms with Gasteiger partial charge in [0.25, 0.3) is 0 Å². The monoisotopic (exact) mass is 427 g/mol. The summed E-state index contributed by atoms with van der Waals surface area (Å²) in [5.41, 5.74) is 1.76. The molecular weight excluding hydrogens is 413 g/mol. The number of ether oxygens (including phenoxy) is 1. The van der Waals surface area contributed by atoms with E-state index in [4.69, 9.17) is 32.4 Å². The molecule has 0 spiro atoms. The van der Waals surface area contributed by atoms with E-state index in [1.807, 2.05) is 0 Å². The van der Waals surface area contributed by atoms with Crippen LogP contribution in [0.2, 0.25) is 10.0 Å². The fourth-order valence-corrected chi connectivity index (χ4v) is 3.38. The molecule has 0 unspecified atom stereocenters. The minimum atomic E-state index is -0.409. The van der Waals surface area contributed by atoms with Crippen molar-refractivity contribution in [1.29, 1.82) is 0 Å². The number of anilines is 1. The Kier molecular flexibility index (Phi) is 5.43. The Labute approximate surface area is 177 Å². The molecule has 2 aromatic carbocycles. The van der Waals surface area contributed by atoms with Crippen LogP contribution in [-0.4, -0.2) is 25.0 Å². The number of nitrogens with zero attached hydrogens (tertiary/aromatic N) is 1. The second-order valence-corrected chi connectivity index (χ2v) is 7.10. The van der Waals surface area contributed by atoms with Gasteiger partial charge in [0.1, 0.15) is 18.1 Å². The van der Waals surface area contributed by atoms with E-state index in [1.165, 1.54) is 11.0 Å². The molecule has 1 aliphatic heterocycles. The number of amides is 1. The maximum Gasteiger partial charge on any atom is 0.414 e. The van der Waals surface area contributed by atoms with E-state index in [-0.39, 0.29) is 5.78 Å². The Morgan fingerprint density at radius 3 is 2.69 bits per heavy atom. The predicted molar refractivity (Wildman–Crippen MR) is 113 cm³/mol. The standard InChI is InChI=1S/C22H15Cl2NO4/c23-18-6-2-5-17(21(18)24)20-10-8-16(29-20)7-9-19(26)14-3-1-4-15(13-14)25-11-12-28-22(25)27/h1-10,13H,11-12H2/b9-7+. The highest BCUT2D eigenvalue weighted by Crippen LogP contribution is 2.34. The van der Waals surface area contributed by atoms with Crippen molar-refractivity contribution in [3.8, 4) is 11.3 Å². The molecule has 0 aliphatic carbocycles. The van der Waals surface area contributed by atoms with Crippen molar-refractivity contribution in [2.45, 2.75) is 0 Å².